The first-order valence-corrected chi connectivity index (χ1v) is 10.5. The first kappa shape index (κ1) is 17.7. The highest BCUT2D eigenvalue weighted by Crippen LogP contribution is 2.33. The van der Waals surface area contributed by atoms with Gasteiger partial charge in [0, 0.05) is 31.1 Å². The Kier molecular flexibility index (Phi) is 4.55. The van der Waals surface area contributed by atoms with Gasteiger partial charge >= 0.3 is 0 Å². The summed E-state index contributed by atoms with van der Waals surface area (Å²) in [6, 6.07) is 11.6. The molecule has 2 aromatic rings. The second-order valence-electron chi connectivity index (χ2n) is 8.33. The fourth-order valence-electron chi connectivity index (χ4n) is 5.00. The van der Waals surface area contributed by atoms with Gasteiger partial charge in [0.1, 0.15) is 5.75 Å². The summed E-state index contributed by atoms with van der Waals surface area (Å²) in [5.41, 5.74) is 3.71. The van der Waals surface area contributed by atoms with E-state index >= 15 is 0 Å². The average Bonchev–Trinajstić information content (AvgIpc) is 3.41. The minimum Gasteiger partial charge on any atom is -0.439 e. The maximum Gasteiger partial charge on any atom is 0.227 e. The van der Waals surface area contributed by atoms with Crippen LogP contribution >= 0.6 is 0 Å². The Labute approximate surface area is 166 Å². The van der Waals surface area contributed by atoms with Crippen LogP contribution in [0.3, 0.4) is 0 Å². The molecular formula is C23H27N3O2. The molecule has 0 radical (unpaired) electrons. The summed E-state index contributed by atoms with van der Waals surface area (Å²) < 4.78 is 6.00. The van der Waals surface area contributed by atoms with E-state index in [0.717, 1.165) is 37.2 Å². The summed E-state index contributed by atoms with van der Waals surface area (Å²) in [4.78, 5) is 20.8. The first-order chi connectivity index (χ1) is 13.7. The van der Waals surface area contributed by atoms with Crippen molar-refractivity contribution in [3.8, 4) is 11.6 Å². The van der Waals surface area contributed by atoms with Crippen molar-refractivity contribution in [2.24, 2.45) is 0 Å². The number of carbonyl (C=O) groups excluding carboxylic acids is 1. The van der Waals surface area contributed by atoms with Crippen LogP contribution in [0.15, 0.2) is 36.5 Å². The molecule has 1 amide bonds. The van der Waals surface area contributed by atoms with E-state index in [1.807, 2.05) is 18.2 Å². The van der Waals surface area contributed by atoms with Crippen molar-refractivity contribution in [1.29, 1.82) is 0 Å². The van der Waals surface area contributed by atoms with Crippen molar-refractivity contribution in [2.45, 2.75) is 57.5 Å². The van der Waals surface area contributed by atoms with E-state index < -0.39 is 0 Å². The molecule has 1 aliphatic carbocycles. The van der Waals surface area contributed by atoms with Crippen molar-refractivity contribution < 1.29 is 9.53 Å². The second-order valence-corrected chi connectivity index (χ2v) is 8.33. The van der Waals surface area contributed by atoms with Crippen molar-refractivity contribution in [3.05, 3.63) is 47.7 Å². The van der Waals surface area contributed by atoms with Gasteiger partial charge in [0.05, 0.1) is 11.9 Å². The highest BCUT2D eigenvalue weighted by atomic mass is 16.5. The van der Waals surface area contributed by atoms with Gasteiger partial charge in [0.2, 0.25) is 11.8 Å². The zero-order chi connectivity index (χ0) is 19.1. The molecule has 5 heteroatoms. The lowest BCUT2D eigenvalue weighted by atomic mass is 10.1. The number of likely N-dealkylation sites (tertiary alicyclic amines) is 1. The molecule has 0 N–H and O–H groups in total. The van der Waals surface area contributed by atoms with Crippen LogP contribution < -0.4 is 9.64 Å². The number of hydrogen-bond donors (Lipinski definition) is 0. The molecule has 28 heavy (non-hydrogen) atoms. The summed E-state index contributed by atoms with van der Waals surface area (Å²) >= 11 is 0. The van der Waals surface area contributed by atoms with Gasteiger partial charge in [-0.3, -0.25) is 9.69 Å². The van der Waals surface area contributed by atoms with E-state index in [0.29, 0.717) is 24.4 Å². The molecule has 1 unspecified atom stereocenters. The molecule has 2 aliphatic heterocycles. The maximum atomic E-state index is 11.9. The summed E-state index contributed by atoms with van der Waals surface area (Å²) in [6.07, 6.45) is 8.20. The lowest BCUT2D eigenvalue weighted by Gasteiger charge is -2.27. The molecule has 0 bridgehead atoms. The Hall–Kier alpha value is -2.40. The van der Waals surface area contributed by atoms with Crippen LogP contribution in [0.2, 0.25) is 0 Å². The largest absolute Gasteiger partial charge is 0.439 e. The van der Waals surface area contributed by atoms with E-state index in [2.05, 4.69) is 28.9 Å². The third-order valence-corrected chi connectivity index (χ3v) is 6.49. The topological polar surface area (TPSA) is 45.7 Å². The summed E-state index contributed by atoms with van der Waals surface area (Å²) in [6.45, 7) is 4.37. The molecule has 146 valence electrons. The molecule has 3 aliphatic rings. The number of hydrogen-bond acceptors (Lipinski definition) is 4. The number of anilines is 1. The van der Waals surface area contributed by atoms with Gasteiger partial charge in [-0.2, -0.15) is 0 Å². The van der Waals surface area contributed by atoms with Crippen LogP contribution in [0, 0.1) is 0 Å². The zero-order valence-corrected chi connectivity index (χ0v) is 16.4. The van der Waals surface area contributed by atoms with Crippen LogP contribution in [-0.2, 0) is 17.6 Å². The average molecular weight is 377 g/mol. The quantitative estimate of drug-likeness (QED) is 0.809. The highest BCUT2D eigenvalue weighted by Gasteiger charge is 2.32. The molecule has 2 saturated heterocycles. The predicted molar refractivity (Wildman–Crippen MR) is 109 cm³/mol. The van der Waals surface area contributed by atoms with E-state index in [4.69, 9.17) is 4.74 Å². The van der Waals surface area contributed by atoms with E-state index in [9.17, 15) is 4.79 Å². The molecule has 0 saturated carbocycles. The number of rotatable bonds is 4. The van der Waals surface area contributed by atoms with Crippen LogP contribution in [0.1, 0.15) is 43.7 Å². The highest BCUT2D eigenvalue weighted by molar-refractivity contribution is 5.95. The van der Waals surface area contributed by atoms with Gasteiger partial charge in [-0.1, -0.05) is 6.07 Å². The first-order valence-electron chi connectivity index (χ1n) is 10.5. The molecule has 2 atom stereocenters. The van der Waals surface area contributed by atoms with Crippen molar-refractivity contribution in [3.63, 3.8) is 0 Å². The van der Waals surface area contributed by atoms with E-state index in [1.54, 1.807) is 11.1 Å². The van der Waals surface area contributed by atoms with Gasteiger partial charge in [-0.25, -0.2) is 4.98 Å². The number of fused-ring (bicyclic) bond motifs is 1. The van der Waals surface area contributed by atoms with Crippen molar-refractivity contribution in [2.75, 3.05) is 18.0 Å². The van der Waals surface area contributed by atoms with Gasteiger partial charge in [-0.05, 0) is 74.9 Å². The number of benzene rings is 1. The molecule has 5 nitrogen and oxygen atoms in total. The summed E-state index contributed by atoms with van der Waals surface area (Å²) in [7, 11) is 0. The Balaban J connectivity index is 1.27. The number of ether oxygens (including phenoxy) is 1. The minimum absolute atomic E-state index is 0.177. The number of pyridine rings is 1. The molecule has 3 heterocycles. The third kappa shape index (κ3) is 3.28. The van der Waals surface area contributed by atoms with Gasteiger partial charge in [0.25, 0.3) is 0 Å². The van der Waals surface area contributed by atoms with Crippen LogP contribution in [-0.4, -0.2) is 41.0 Å². The molecule has 1 aromatic heterocycles. The molecular weight excluding hydrogens is 350 g/mol. The van der Waals surface area contributed by atoms with Crippen LogP contribution in [0.25, 0.3) is 0 Å². The van der Waals surface area contributed by atoms with Crippen molar-refractivity contribution in [1.82, 2.24) is 9.88 Å². The Morgan fingerprint density at radius 3 is 2.68 bits per heavy atom. The maximum absolute atomic E-state index is 11.9. The zero-order valence-electron chi connectivity index (χ0n) is 16.4. The second kappa shape index (κ2) is 7.21. The number of aromatic nitrogens is 1. The fraction of sp³-hybridized carbons (Fsp3) is 0.478. The molecule has 0 spiro atoms. The van der Waals surface area contributed by atoms with Gasteiger partial charge < -0.3 is 9.64 Å². The monoisotopic (exact) mass is 377 g/mol. The summed E-state index contributed by atoms with van der Waals surface area (Å²) in [5, 5.41) is 0. The van der Waals surface area contributed by atoms with Crippen molar-refractivity contribution >= 4 is 11.6 Å². The summed E-state index contributed by atoms with van der Waals surface area (Å²) in [5.74, 6) is 1.58. The lowest BCUT2D eigenvalue weighted by molar-refractivity contribution is -0.117. The lowest BCUT2D eigenvalue weighted by Crippen LogP contribution is -2.38. The minimum atomic E-state index is 0.177. The van der Waals surface area contributed by atoms with Crippen LogP contribution in [0.5, 0.6) is 11.6 Å². The molecule has 2 fully saturated rings. The Morgan fingerprint density at radius 1 is 1.07 bits per heavy atom. The normalized spacial score (nSPS) is 24.8. The van der Waals surface area contributed by atoms with E-state index in [1.165, 1.54) is 30.5 Å². The van der Waals surface area contributed by atoms with E-state index in [-0.39, 0.29) is 5.91 Å². The predicted octanol–water partition coefficient (Wildman–Crippen LogP) is 3.95. The Morgan fingerprint density at radius 2 is 1.96 bits per heavy atom. The number of nitrogens with zero attached hydrogens (tertiary/aromatic N) is 3. The smallest absolute Gasteiger partial charge is 0.227 e. The number of carbonyl (C=O) groups is 1. The SMILES string of the molecule is C[C@H]1CCCN1C1Cc2ccc(Oc3ccc(N4CCCC4=O)cn3)cc2C1. The molecule has 1 aromatic carbocycles. The van der Waals surface area contributed by atoms with Crippen LogP contribution in [0.4, 0.5) is 5.69 Å². The number of amides is 1. The third-order valence-electron chi connectivity index (χ3n) is 6.49. The van der Waals surface area contributed by atoms with Gasteiger partial charge in [-0.15, -0.1) is 0 Å². The Bertz CT molecular complexity index is 880. The fourth-order valence-corrected chi connectivity index (χ4v) is 5.00. The standard InChI is InChI=1S/C23H27N3O2/c1-16-4-2-10-25(16)20-12-17-6-8-21(14-18(17)13-20)28-22-9-7-19(15-24-22)26-11-3-5-23(26)27/h6-9,14-16,20H,2-5,10-13H2,1H3/t16-,20?/m0/s1. The molecule has 5 rings (SSSR count). The van der Waals surface area contributed by atoms with Gasteiger partial charge in [0.15, 0.2) is 0 Å².